The number of hydrogen-bond acceptors (Lipinski definition) is 6. The minimum Gasteiger partial charge on any atom is -0.482 e. The van der Waals surface area contributed by atoms with Crippen LogP contribution < -0.4 is 15.8 Å². The molecule has 146 valence electrons. The molecule has 1 amide bonds. The molecular weight excluding hydrogens is 361 g/mol. The Morgan fingerprint density at radius 1 is 1.27 bits per heavy atom. The molecular formula is C15H19F3N2O6. The van der Waals surface area contributed by atoms with Crippen LogP contribution >= 0.6 is 0 Å². The summed E-state index contributed by atoms with van der Waals surface area (Å²) in [5.74, 6) is -2.99. The number of halogens is 3. The van der Waals surface area contributed by atoms with Gasteiger partial charge in [-0.25, -0.2) is 9.59 Å². The summed E-state index contributed by atoms with van der Waals surface area (Å²) in [6.45, 7) is 2.64. The lowest BCUT2D eigenvalue weighted by atomic mass is 10.2. The maximum absolute atomic E-state index is 11.7. The molecule has 0 fully saturated rings. The van der Waals surface area contributed by atoms with Gasteiger partial charge in [-0.2, -0.15) is 13.2 Å². The summed E-state index contributed by atoms with van der Waals surface area (Å²) in [5.41, 5.74) is 5.76. The van der Waals surface area contributed by atoms with Gasteiger partial charge in [0, 0.05) is 18.7 Å². The molecule has 0 bridgehead atoms. The van der Waals surface area contributed by atoms with Gasteiger partial charge >= 0.3 is 18.1 Å². The number of carboxylic acid groups (broad SMARTS) is 1. The summed E-state index contributed by atoms with van der Waals surface area (Å²) in [7, 11) is 0. The molecule has 0 spiro atoms. The molecule has 1 aromatic rings. The van der Waals surface area contributed by atoms with Gasteiger partial charge in [0.15, 0.2) is 6.61 Å². The normalized spacial score (nSPS) is 10.2. The first-order chi connectivity index (χ1) is 12.1. The van der Waals surface area contributed by atoms with E-state index in [1.807, 2.05) is 0 Å². The number of ether oxygens (including phenoxy) is 2. The van der Waals surface area contributed by atoms with Gasteiger partial charge in [-0.3, -0.25) is 4.79 Å². The quantitative estimate of drug-likeness (QED) is 0.601. The lowest BCUT2D eigenvalue weighted by Gasteiger charge is -2.08. The van der Waals surface area contributed by atoms with E-state index in [2.05, 4.69) is 5.32 Å². The number of esters is 1. The molecule has 0 radical (unpaired) electrons. The number of carbonyl (C=O) groups excluding carboxylic acids is 2. The van der Waals surface area contributed by atoms with E-state index in [1.54, 1.807) is 31.2 Å². The Morgan fingerprint density at radius 3 is 2.38 bits per heavy atom. The van der Waals surface area contributed by atoms with E-state index in [9.17, 15) is 22.8 Å². The molecule has 26 heavy (non-hydrogen) atoms. The van der Waals surface area contributed by atoms with E-state index < -0.39 is 18.1 Å². The van der Waals surface area contributed by atoms with Crippen molar-refractivity contribution in [3.8, 4) is 5.75 Å². The third-order valence-corrected chi connectivity index (χ3v) is 2.43. The number of amides is 1. The topological polar surface area (TPSA) is 128 Å². The van der Waals surface area contributed by atoms with Crippen molar-refractivity contribution in [2.45, 2.75) is 13.1 Å². The highest BCUT2D eigenvalue weighted by Gasteiger charge is 2.38. The van der Waals surface area contributed by atoms with Crippen molar-refractivity contribution >= 4 is 17.8 Å². The molecule has 4 N–H and O–H groups in total. The van der Waals surface area contributed by atoms with Crippen LogP contribution in [-0.4, -0.2) is 55.4 Å². The molecule has 0 heterocycles. The zero-order valence-electron chi connectivity index (χ0n) is 13.8. The highest BCUT2D eigenvalue weighted by molar-refractivity contribution is 5.94. The van der Waals surface area contributed by atoms with Crippen molar-refractivity contribution in [3.05, 3.63) is 29.8 Å². The fourth-order valence-electron chi connectivity index (χ4n) is 1.36. The minimum atomic E-state index is -5.08. The second-order valence-electron chi connectivity index (χ2n) is 4.47. The van der Waals surface area contributed by atoms with Crippen LogP contribution in [-0.2, 0) is 14.3 Å². The van der Waals surface area contributed by atoms with Crippen molar-refractivity contribution in [1.29, 1.82) is 0 Å². The molecule has 1 rings (SSSR count). The van der Waals surface area contributed by atoms with Crippen molar-refractivity contribution in [2.75, 3.05) is 26.3 Å². The number of nitrogens with one attached hydrogen (secondary N) is 1. The molecule has 0 saturated heterocycles. The Kier molecular flexibility index (Phi) is 10.4. The SMILES string of the molecule is CCOC(=O)COc1cccc(C(=O)NCCN)c1.O=C(O)C(F)(F)F. The lowest BCUT2D eigenvalue weighted by molar-refractivity contribution is -0.192. The average molecular weight is 380 g/mol. The van der Waals surface area contributed by atoms with E-state index in [1.165, 1.54) is 0 Å². The molecule has 0 aliphatic carbocycles. The number of carbonyl (C=O) groups is 3. The van der Waals surface area contributed by atoms with Crippen molar-refractivity contribution < 1.29 is 42.1 Å². The van der Waals surface area contributed by atoms with E-state index in [-0.39, 0.29) is 12.5 Å². The number of benzene rings is 1. The van der Waals surface area contributed by atoms with Crippen LogP contribution in [0, 0.1) is 0 Å². The number of carboxylic acids is 1. The Hall–Kier alpha value is -2.82. The van der Waals surface area contributed by atoms with Crippen LogP contribution in [0.15, 0.2) is 24.3 Å². The molecule has 0 aromatic heterocycles. The Balaban J connectivity index is 0.000000758. The average Bonchev–Trinajstić information content (AvgIpc) is 2.58. The molecule has 0 unspecified atom stereocenters. The van der Waals surface area contributed by atoms with Crippen LogP contribution in [0.5, 0.6) is 5.75 Å². The molecule has 11 heteroatoms. The minimum absolute atomic E-state index is 0.179. The third kappa shape index (κ3) is 10.1. The van der Waals surface area contributed by atoms with Gasteiger partial charge < -0.3 is 25.6 Å². The van der Waals surface area contributed by atoms with Crippen LogP contribution in [0.2, 0.25) is 0 Å². The molecule has 8 nitrogen and oxygen atoms in total. The Morgan fingerprint density at radius 2 is 1.88 bits per heavy atom. The largest absolute Gasteiger partial charge is 0.490 e. The molecule has 1 aromatic carbocycles. The van der Waals surface area contributed by atoms with Gasteiger partial charge in [-0.1, -0.05) is 6.07 Å². The van der Waals surface area contributed by atoms with Crippen molar-refractivity contribution in [1.82, 2.24) is 5.32 Å². The molecule has 0 atom stereocenters. The van der Waals surface area contributed by atoms with Gasteiger partial charge in [-0.05, 0) is 25.1 Å². The van der Waals surface area contributed by atoms with E-state index >= 15 is 0 Å². The fraction of sp³-hybridized carbons (Fsp3) is 0.400. The first-order valence-electron chi connectivity index (χ1n) is 7.28. The number of nitrogens with two attached hydrogens (primary N) is 1. The van der Waals surface area contributed by atoms with Crippen LogP contribution in [0.3, 0.4) is 0 Å². The zero-order chi connectivity index (χ0) is 20.2. The predicted octanol–water partition coefficient (Wildman–Crippen LogP) is 0.950. The highest BCUT2D eigenvalue weighted by Crippen LogP contribution is 2.13. The molecule has 0 aliphatic rings. The van der Waals surface area contributed by atoms with Gasteiger partial charge in [0.05, 0.1) is 6.61 Å². The fourth-order valence-corrected chi connectivity index (χ4v) is 1.36. The summed E-state index contributed by atoms with van der Waals surface area (Å²) in [5, 5.41) is 9.77. The zero-order valence-corrected chi connectivity index (χ0v) is 13.8. The van der Waals surface area contributed by atoms with Crippen molar-refractivity contribution in [2.24, 2.45) is 5.73 Å². The highest BCUT2D eigenvalue weighted by atomic mass is 19.4. The van der Waals surface area contributed by atoms with E-state index in [4.69, 9.17) is 25.1 Å². The Labute approximate surface area is 147 Å². The Bertz CT molecular complexity index is 607. The number of alkyl halides is 3. The van der Waals surface area contributed by atoms with E-state index in [0.717, 1.165) is 0 Å². The third-order valence-electron chi connectivity index (χ3n) is 2.43. The summed E-state index contributed by atoms with van der Waals surface area (Å²) >= 11 is 0. The lowest BCUT2D eigenvalue weighted by Crippen LogP contribution is -2.28. The monoisotopic (exact) mass is 380 g/mol. The second kappa shape index (κ2) is 11.7. The summed E-state index contributed by atoms with van der Waals surface area (Å²) in [4.78, 5) is 31.7. The number of rotatable bonds is 7. The van der Waals surface area contributed by atoms with Gasteiger partial charge in [-0.15, -0.1) is 0 Å². The predicted molar refractivity (Wildman–Crippen MR) is 83.6 cm³/mol. The first-order valence-corrected chi connectivity index (χ1v) is 7.28. The summed E-state index contributed by atoms with van der Waals surface area (Å²) < 4.78 is 41.7. The maximum Gasteiger partial charge on any atom is 0.490 e. The van der Waals surface area contributed by atoms with Crippen molar-refractivity contribution in [3.63, 3.8) is 0 Å². The number of aliphatic carboxylic acids is 1. The standard InChI is InChI=1S/C13H18N2O4.C2HF3O2/c1-2-18-12(16)9-19-11-5-3-4-10(8-11)13(17)15-7-6-14;3-2(4,5)1(6)7/h3-5,8H,2,6-7,9,14H2,1H3,(H,15,17);(H,6,7). The molecule has 0 aliphatic heterocycles. The summed E-state index contributed by atoms with van der Waals surface area (Å²) in [6.07, 6.45) is -5.08. The maximum atomic E-state index is 11.7. The van der Waals surface area contributed by atoms with Gasteiger partial charge in [0.1, 0.15) is 5.75 Å². The first kappa shape index (κ1) is 23.2. The van der Waals surface area contributed by atoms with Crippen LogP contribution in [0.4, 0.5) is 13.2 Å². The van der Waals surface area contributed by atoms with Crippen LogP contribution in [0.25, 0.3) is 0 Å². The van der Waals surface area contributed by atoms with Gasteiger partial charge in [0.25, 0.3) is 5.91 Å². The second-order valence-corrected chi connectivity index (χ2v) is 4.47. The number of hydrogen-bond donors (Lipinski definition) is 3. The van der Waals surface area contributed by atoms with E-state index in [0.29, 0.717) is 31.0 Å². The van der Waals surface area contributed by atoms with Gasteiger partial charge in [0.2, 0.25) is 0 Å². The molecule has 0 saturated carbocycles. The van der Waals surface area contributed by atoms with Crippen LogP contribution in [0.1, 0.15) is 17.3 Å². The summed E-state index contributed by atoms with van der Waals surface area (Å²) in [6, 6.07) is 6.56. The smallest absolute Gasteiger partial charge is 0.482 e.